The smallest absolute Gasteiger partial charge is 0.317 e. The topological polar surface area (TPSA) is 75.1 Å². The first-order valence-corrected chi connectivity index (χ1v) is 8.81. The second-order valence-electron chi connectivity index (χ2n) is 5.85. The van der Waals surface area contributed by atoms with Crippen molar-refractivity contribution in [2.75, 3.05) is 5.32 Å². The van der Waals surface area contributed by atoms with Crippen LogP contribution in [-0.2, 0) is 4.79 Å². The Hall–Kier alpha value is -1.79. The molecule has 0 spiro atoms. The van der Waals surface area contributed by atoms with Crippen LogP contribution in [0, 0.1) is 19.8 Å². The number of aromatic nitrogens is 2. The fourth-order valence-corrected chi connectivity index (χ4v) is 3.26. The number of nitrogens with zero attached hydrogens (tertiary/aromatic N) is 2. The molecule has 5 nitrogen and oxygen atoms in total. The van der Waals surface area contributed by atoms with Gasteiger partial charge in [-0.05, 0) is 37.0 Å². The number of nitrogens with one attached hydrogen (secondary N) is 1. The van der Waals surface area contributed by atoms with E-state index in [1.54, 1.807) is 6.07 Å². The molecule has 1 aromatic carbocycles. The van der Waals surface area contributed by atoms with Crippen LogP contribution in [0.15, 0.2) is 29.4 Å². The molecular formula is C17H20ClN3O2S. The van der Waals surface area contributed by atoms with Gasteiger partial charge in [0.1, 0.15) is 16.2 Å². The van der Waals surface area contributed by atoms with Gasteiger partial charge in [0.25, 0.3) is 0 Å². The molecule has 0 aliphatic carbocycles. The molecule has 2 aromatic rings. The third-order valence-corrected chi connectivity index (χ3v) is 5.21. The van der Waals surface area contributed by atoms with E-state index in [4.69, 9.17) is 11.6 Å². The molecule has 0 radical (unpaired) electrons. The summed E-state index contributed by atoms with van der Waals surface area (Å²) in [6.07, 6.45) is 0. The van der Waals surface area contributed by atoms with Gasteiger partial charge in [0, 0.05) is 11.8 Å². The van der Waals surface area contributed by atoms with Crippen molar-refractivity contribution >= 4 is 40.8 Å². The third kappa shape index (κ3) is 4.61. The van der Waals surface area contributed by atoms with Crippen molar-refractivity contribution in [1.29, 1.82) is 0 Å². The lowest BCUT2D eigenvalue weighted by molar-refractivity contribution is -0.137. The van der Waals surface area contributed by atoms with Crippen LogP contribution in [0.25, 0.3) is 0 Å². The van der Waals surface area contributed by atoms with Crippen LogP contribution in [0.3, 0.4) is 0 Å². The quantitative estimate of drug-likeness (QED) is 0.439. The monoisotopic (exact) mass is 365 g/mol. The second kappa shape index (κ2) is 7.85. The molecule has 1 unspecified atom stereocenters. The van der Waals surface area contributed by atoms with Crippen LogP contribution < -0.4 is 5.32 Å². The van der Waals surface area contributed by atoms with Crippen LogP contribution in [0.4, 0.5) is 11.5 Å². The summed E-state index contributed by atoms with van der Waals surface area (Å²) in [4.78, 5) is 19.9. The van der Waals surface area contributed by atoms with Gasteiger partial charge >= 0.3 is 5.97 Å². The molecule has 2 rings (SSSR count). The number of hydrogen-bond acceptors (Lipinski definition) is 5. The Bertz CT molecular complexity index is 753. The Kier molecular flexibility index (Phi) is 6.07. The van der Waals surface area contributed by atoms with E-state index in [0.717, 1.165) is 23.0 Å². The van der Waals surface area contributed by atoms with E-state index in [9.17, 15) is 9.90 Å². The summed E-state index contributed by atoms with van der Waals surface area (Å²) in [5.41, 5.74) is 3.21. The zero-order valence-corrected chi connectivity index (χ0v) is 15.6. The highest BCUT2D eigenvalue weighted by molar-refractivity contribution is 8.00. The number of anilines is 2. The maximum Gasteiger partial charge on any atom is 0.317 e. The highest BCUT2D eigenvalue weighted by Crippen LogP contribution is 2.29. The fourth-order valence-electron chi connectivity index (χ4n) is 2.12. The molecule has 1 atom stereocenters. The Morgan fingerprint density at radius 3 is 2.62 bits per heavy atom. The Balaban J connectivity index is 2.28. The van der Waals surface area contributed by atoms with Crippen molar-refractivity contribution < 1.29 is 9.90 Å². The van der Waals surface area contributed by atoms with Crippen LogP contribution in [-0.4, -0.2) is 26.3 Å². The van der Waals surface area contributed by atoms with Gasteiger partial charge in [0.15, 0.2) is 5.16 Å². The molecule has 0 aliphatic rings. The van der Waals surface area contributed by atoms with Crippen LogP contribution in [0.1, 0.15) is 25.0 Å². The van der Waals surface area contributed by atoms with Crippen molar-refractivity contribution in [3.05, 3.63) is 40.5 Å². The zero-order chi connectivity index (χ0) is 17.9. The van der Waals surface area contributed by atoms with Gasteiger partial charge < -0.3 is 10.4 Å². The molecule has 0 bridgehead atoms. The first kappa shape index (κ1) is 18.5. The summed E-state index contributed by atoms with van der Waals surface area (Å²) >= 11 is 7.18. The van der Waals surface area contributed by atoms with E-state index in [2.05, 4.69) is 15.3 Å². The Labute approximate surface area is 150 Å². The van der Waals surface area contributed by atoms with Gasteiger partial charge in [0.05, 0.1) is 0 Å². The summed E-state index contributed by atoms with van der Waals surface area (Å²) in [7, 11) is 0. The van der Waals surface area contributed by atoms with Crippen molar-refractivity contribution in [3.8, 4) is 0 Å². The standard InChI is InChI=1S/C17H20ClN3O2S/c1-9(2)15(16(22)23)24-17-20-13(18)8-14(21-17)19-12-7-5-6-10(3)11(12)4/h5-9,15H,1-4H3,(H,22,23)(H,19,20,21). The number of hydrogen-bond donors (Lipinski definition) is 2. The summed E-state index contributed by atoms with van der Waals surface area (Å²) in [6.45, 7) is 7.77. The molecule has 0 saturated carbocycles. The maximum absolute atomic E-state index is 11.4. The lowest BCUT2D eigenvalue weighted by Crippen LogP contribution is -2.22. The van der Waals surface area contributed by atoms with Gasteiger partial charge in [-0.15, -0.1) is 0 Å². The Morgan fingerprint density at radius 1 is 1.29 bits per heavy atom. The van der Waals surface area contributed by atoms with Gasteiger partial charge in [-0.1, -0.05) is 49.3 Å². The minimum absolute atomic E-state index is 0.0505. The van der Waals surface area contributed by atoms with Gasteiger partial charge in [-0.2, -0.15) is 0 Å². The molecule has 128 valence electrons. The number of aryl methyl sites for hydroxylation is 1. The van der Waals surface area contributed by atoms with Gasteiger partial charge in [0.2, 0.25) is 0 Å². The number of benzene rings is 1. The zero-order valence-electron chi connectivity index (χ0n) is 14.0. The molecule has 7 heteroatoms. The SMILES string of the molecule is Cc1cccc(Nc2cc(Cl)nc(SC(C(=O)O)C(C)C)n2)c1C. The lowest BCUT2D eigenvalue weighted by atomic mass is 10.1. The van der Waals surface area contributed by atoms with Crippen molar-refractivity contribution in [1.82, 2.24) is 9.97 Å². The van der Waals surface area contributed by atoms with E-state index in [1.807, 2.05) is 45.9 Å². The molecule has 2 N–H and O–H groups in total. The predicted molar refractivity (Wildman–Crippen MR) is 98.4 cm³/mol. The van der Waals surface area contributed by atoms with Crippen molar-refractivity contribution in [3.63, 3.8) is 0 Å². The normalized spacial score (nSPS) is 12.2. The predicted octanol–water partition coefficient (Wildman–Crippen LogP) is 4.69. The van der Waals surface area contributed by atoms with Crippen molar-refractivity contribution in [2.24, 2.45) is 5.92 Å². The van der Waals surface area contributed by atoms with E-state index >= 15 is 0 Å². The summed E-state index contributed by atoms with van der Waals surface area (Å²) in [5.74, 6) is -0.396. The van der Waals surface area contributed by atoms with Gasteiger partial charge in [-0.25, -0.2) is 9.97 Å². The average Bonchev–Trinajstić information content (AvgIpc) is 2.48. The maximum atomic E-state index is 11.4. The minimum atomic E-state index is -0.886. The first-order chi connectivity index (χ1) is 11.3. The number of rotatable bonds is 6. The molecular weight excluding hydrogens is 346 g/mol. The molecule has 0 amide bonds. The number of carboxylic acids is 1. The average molecular weight is 366 g/mol. The molecule has 0 fully saturated rings. The number of carboxylic acid groups (broad SMARTS) is 1. The summed E-state index contributed by atoms with van der Waals surface area (Å²) in [5, 5.41) is 12.5. The summed E-state index contributed by atoms with van der Waals surface area (Å²) in [6, 6.07) is 7.58. The second-order valence-corrected chi connectivity index (χ2v) is 7.35. The highest BCUT2D eigenvalue weighted by atomic mass is 35.5. The van der Waals surface area contributed by atoms with E-state index in [-0.39, 0.29) is 11.1 Å². The number of halogens is 1. The molecule has 0 aliphatic heterocycles. The lowest BCUT2D eigenvalue weighted by Gasteiger charge is -2.15. The molecule has 1 aromatic heterocycles. The van der Waals surface area contributed by atoms with Gasteiger partial charge in [-0.3, -0.25) is 4.79 Å². The molecule has 0 saturated heterocycles. The highest BCUT2D eigenvalue weighted by Gasteiger charge is 2.24. The molecule has 1 heterocycles. The van der Waals surface area contributed by atoms with E-state index in [1.165, 1.54) is 5.56 Å². The minimum Gasteiger partial charge on any atom is -0.480 e. The Morgan fingerprint density at radius 2 is 2.00 bits per heavy atom. The first-order valence-electron chi connectivity index (χ1n) is 7.55. The number of aliphatic carboxylic acids is 1. The van der Waals surface area contributed by atoms with Crippen LogP contribution in [0.2, 0.25) is 5.15 Å². The van der Waals surface area contributed by atoms with E-state index in [0.29, 0.717) is 11.0 Å². The molecule has 24 heavy (non-hydrogen) atoms. The summed E-state index contributed by atoms with van der Waals surface area (Å²) < 4.78 is 0. The largest absolute Gasteiger partial charge is 0.480 e. The van der Waals surface area contributed by atoms with Crippen LogP contribution in [0.5, 0.6) is 0 Å². The van der Waals surface area contributed by atoms with Crippen molar-refractivity contribution in [2.45, 2.75) is 38.1 Å². The number of carbonyl (C=O) groups is 1. The van der Waals surface area contributed by atoms with Crippen LogP contribution >= 0.6 is 23.4 Å². The fraction of sp³-hybridized carbons (Fsp3) is 0.353. The van der Waals surface area contributed by atoms with E-state index < -0.39 is 11.2 Å². The number of thioether (sulfide) groups is 1. The third-order valence-electron chi connectivity index (χ3n) is 3.62.